The van der Waals surface area contributed by atoms with Crippen molar-refractivity contribution in [2.24, 2.45) is 0 Å². The molecule has 3 nitrogen and oxygen atoms in total. The van der Waals surface area contributed by atoms with Crippen LogP contribution in [0.25, 0.3) is 5.57 Å². The van der Waals surface area contributed by atoms with Gasteiger partial charge in [0.15, 0.2) is 0 Å². The highest BCUT2D eigenvalue weighted by Gasteiger charge is 2.25. The van der Waals surface area contributed by atoms with E-state index >= 15 is 0 Å². The second kappa shape index (κ2) is 4.50. The minimum atomic E-state index is 0.425. The van der Waals surface area contributed by atoms with Gasteiger partial charge in [-0.2, -0.15) is 5.26 Å². The number of nitrogen functional groups attached to an aromatic ring is 1. The van der Waals surface area contributed by atoms with Crippen LogP contribution in [0, 0.1) is 11.3 Å². The molecule has 0 radical (unpaired) electrons. The van der Waals surface area contributed by atoms with Gasteiger partial charge < -0.3 is 5.73 Å². The summed E-state index contributed by atoms with van der Waals surface area (Å²) in [5.41, 5.74) is 12.0. The molecule has 0 atom stereocenters. The molecule has 18 heavy (non-hydrogen) atoms. The summed E-state index contributed by atoms with van der Waals surface area (Å²) in [6.45, 7) is 8.06. The van der Waals surface area contributed by atoms with Gasteiger partial charge in [-0.3, -0.25) is 4.98 Å². The van der Waals surface area contributed by atoms with Gasteiger partial charge in [-0.15, -0.1) is 0 Å². The fraction of sp³-hybridized carbons (Fsp3) is 0.200. The maximum Gasteiger partial charge on any atom is 0.103 e. The molecule has 3 heteroatoms. The van der Waals surface area contributed by atoms with Crippen LogP contribution in [-0.2, 0) is 6.42 Å². The zero-order valence-electron chi connectivity index (χ0n) is 10.6. The predicted molar refractivity (Wildman–Crippen MR) is 73.6 cm³/mol. The molecular weight excluding hydrogens is 222 g/mol. The van der Waals surface area contributed by atoms with E-state index in [4.69, 9.17) is 11.0 Å². The zero-order valence-corrected chi connectivity index (χ0v) is 10.6. The van der Waals surface area contributed by atoms with Gasteiger partial charge in [-0.25, -0.2) is 0 Å². The van der Waals surface area contributed by atoms with Crippen molar-refractivity contribution in [3.05, 3.63) is 52.9 Å². The maximum absolute atomic E-state index is 9.02. The highest BCUT2D eigenvalue weighted by Crippen LogP contribution is 2.40. The van der Waals surface area contributed by atoms with Gasteiger partial charge in [-0.05, 0) is 25.0 Å². The Kier molecular flexibility index (Phi) is 3.03. The number of nitrogens with zero attached hydrogens (tertiary/aromatic N) is 2. The topological polar surface area (TPSA) is 62.7 Å². The lowest BCUT2D eigenvalue weighted by Crippen LogP contribution is -2.01. The van der Waals surface area contributed by atoms with Gasteiger partial charge in [0, 0.05) is 18.2 Å². The maximum atomic E-state index is 9.02. The van der Waals surface area contributed by atoms with Gasteiger partial charge in [0.2, 0.25) is 0 Å². The number of hydrogen-bond acceptors (Lipinski definition) is 3. The van der Waals surface area contributed by atoms with E-state index < -0.39 is 0 Å². The van der Waals surface area contributed by atoms with Crippen molar-refractivity contribution >= 4 is 11.3 Å². The summed E-state index contributed by atoms with van der Waals surface area (Å²) in [5, 5.41) is 9.02. The van der Waals surface area contributed by atoms with Gasteiger partial charge in [0.1, 0.15) is 6.07 Å². The predicted octanol–water partition coefficient (Wildman–Crippen LogP) is 3.00. The molecule has 0 spiro atoms. The first-order valence-electron chi connectivity index (χ1n) is 5.79. The summed E-state index contributed by atoms with van der Waals surface area (Å²) in [7, 11) is 0. The van der Waals surface area contributed by atoms with Gasteiger partial charge in [-0.1, -0.05) is 24.3 Å². The second-order valence-corrected chi connectivity index (χ2v) is 4.38. The Balaban J connectivity index is 2.65. The van der Waals surface area contributed by atoms with E-state index in [2.05, 4.69) is 24.6 Å². The Labute approximate surface area is 107 Å². The second-order valence-electron chi connectivity index (χ2n) is 4.38. The van der Waals surface area contributed by atoms with Crippen molar-refractivity contribution in [1.29, 1.82) is 5.26 Å². The number of aromatic nitrogens is 1. The molecule has 2 N–H and O–H groups in total. The van der Waals surface area contributed by atoms with Crippen LogP contribution in [0.4, 0.5) is 5.69 Å². The Morgan fingerprint density at radius 3 is 2.94 bits per heavy atom. The lowest BCUT2D eigenvalue weighted by molar-refractivity contribution is 1.08. The summed E-state index contributed by atoms with van der Waals surface area (Å²) in [6.07, 6.45) is 6.21. The van der Waals surface area contributed by atoms with E-state index in [0.717, 1.165) is 28.8 Å². The third-order valence-electron chi connectivity index (χ3n) is 3.12. The van der Waals surface area contributed by atoms with Crippen molar-refractivity contribution in [3.63, 3.8) is 0 Å². The molecule has 1 aromatic rings. The van der Waals surface area contributed by atoms with E-state index in [9.17, 15) is 0 Å². The van der Waals surface area contributed by atoms with Crippen LogP contribution >= 0.6 is 0 Å². The largest absolute Gasteiger partial charge is 0.397 e. The van der Waals surface area contributed by atoms with E-state index in [1.807, 2.05) is 19.1 Å². The quantitative estimate of drug-likeness (QED) is 0.804. The minimum absolute atomic E-state index is 0.425. The molecule has 0 aromatic carbocycles. The molecule has 1 heterocycles. The van der Waals surface area contributed by atoms with Crippen LogP contribution < -0.4 is 5.73 Å². The number of rotatable bonds is 2. The Morgan fingerprint density at radius 1 is 1.61 bits per heavy atom. The zero-order chi connectivity index (χ0) is 13.3. The molecule has 1 aliphatic carbocycles. The molecule has 90 valence electrons. The monoisotopic (exact) mass is 237 g/mol. The summed E-state index contributed by atoms with van der Waals surface area (Å²) in [4.78, 5) is 4.32. The van der Waals surface area contributed by atoms with E-state index in [1.54, 1.807) is 6.20 Å². The Hall–Kier alpha value is -2.34. The number of fused-ring (bicyclic) bond motifs is 1. The molecule has 0 unspecified atom stereocenters. The van der Waals surface area contributed by atoms with Crippen LogP contribution in [0.2, 0.25) is 0 Å². The Morgan fingerprint density at radius 2 is 2.33 bits per heavy atom. The van der Waals surface area contributed by atoms with Gasteiger partial charge in [0.25, 0.3) is 0 Å². The SMILES string of the molecule is C=C(/C=C\C)C1=C(C)Cc2ncc(C#N)c(N)c21. The smallest absolute Gasteiger partial charge is 0.103 e. The fourth-order valence-corrected chi connectivity index (χ4v) is 2.34. The summed E-state index contributed by atoms with van der Waals surface area (Å²) < 4.78 is 0. The lowest BCUT2D eigenvalue weighted by atomic mass is 9.97. The normalized spacial score (nSPS) is 13.8. The average molecular weight is 237 g/mol. The van der Waals surface area contributed by atoms with Gasteiger partial charge in [0.05, 0.1) is 16.9 Å². The van der Waals surface area contributed by atoms with Crippen molar-refractivity contribution in [1.82, 2.24) is 4.98 Å². The van der Waals surface area contributed by atoms with Crippen LogP contribution in [0.5, 0.6) is 0 Å². The molecule has 2 rings (SSSR count). The number of allylic oxidation sites excluding steroid dienone is 5. The van der Waals surface area contributed by atoms with Gasteiger partial charge >= 0.3 is 0 Å². The van der Waals surface area contributed by atoms with Crippen LogP contribution in [0.3, 0.4) is 0 Å². The van der Waals surface area contributed by atoms with E-state index in [-0.39, 0.29) is 0 Å². The lowest BCUT2D eigenvalue weighted by Gasteiger charge is -2.10. The summed E-state index contributed by atoms with van der Waals surface area (Å²) >= 11 is 0. The fourth-order valence-electron chi connectivity index (χ4n) is 2.34. The third-order valence-corrected chi connectivity index (χ3v) is 3.12. The van der Waals surface area contributed by atoms with E-state index in [1.165, 1.54) is 5.57 Å². The molecule has 0 amide bonds. The van der Waals surface area contributed by atoms with E-state index in [0.29, 0.717) is 11.3 Å². The summed E-state index contributed by atoms with van der Waals surface area (Å²) in [6, 6.07) is 2.07. The Bertz CT molecular complexity index is 628. The third kappa shape index (κ3) is 1.72. The molecule has 0 aliphatic heterocycles. The molecule has 1 aromatic heterocycles. The number of hydrogen-bond donors (Lipinski definition) is 1. The summed E-state index contributed by atoms with van der Waals surface area (Å²) in [5.74, 6) is 0. The van der Waals surface area contributed by atoms with Crippen LogP contribution in [0.1, 0.15) is 30.7 Å². The average Bonchev–Trinajstić information content (AvgIpc) is 2.67. The standard InChI is InChI=1S/C15H15N3/c1-4-5-9(2)13-10(3)6-12-14(13)15(17)11(7-16)8-18-12/h4-5,8H,2,6H2,1,3H3,(H2,17,18)/b5-4-. The van der Waals surface area contributed by atoms with Crippen LogP contribution in [0.15, 0.2) is 36.1 Å². The molecule has 1 aliphatic rings. The first kappa shape index (κ1) is 12.1. The molecule has 0 saturated heterocycles. The van der Waals surface area contributed by atoms with Crippen LogP contribution in [-0.4, -0.2) is 4.98 Å². The highest BCUT2D eigenvalue weighted by molar-refractivity contribution is 5.93. The van der Waals surface area contributed by atoms with Crippen molar-refractivity contribution < 1.29 is 0 Å². The molecule has 0 fully saturated rings. The molecule has 0 bridgehead atoms. The highest BCUT2D eigenvalue weighted by atomic mass is 14.7. The first-order valence-corrected chi connectivity index (χ1v) is 5.79. The number of anilines is 1. The number of pyridine rings is 1. The number of nitrogens with two attached hydrogens (primary N) is 1. The molecular formula is C15H15N3. The van der Waals surface area contributed by atoms with Crippen molar-refractivity contribution in [2.75, 3.05) is 5.73 Å². The van der Waals surface area contributed by atoms with Crippen molar-refractivity contribution in [2.45, 2.75) is 20.3 Å². The first-order chi connectivity index (χ1) is 8.60. The molecule has 0 saturated carbocycles. The van der Waals surface area contributed by atoms with Crippen molar-refractivity contribution in [3.8, 4) is 6.07 Å². The minimum Gasteiger partial charge on any atom is -0.397 e. The number of nitriles is 1.